The molecule has 0 aliphatic carbocycles. The summed E-state index contributed by atoms with van der Waals surface area (Å²) in [4.78, 5) is 24.1. The average Bonchev–Trinajstić information content (AvgIpc) is 3.08. The maximum atomic E-state index is 12.0. The lowest BCUT2D eigenvalue weighted by Gasteiger charge is -2.12. The predicted molar refractivity (Wildman–Crippen MR) is 86.1 cm³/mol. The summed E-state index contributed by atoms with van der Waals surface area (Å²) < 4.78 is 1.64. The molecule has 116 valence electrons. The molecule has 4 N–H and O–H groups in total. The summed E-state index contributed by atoms with van der Waals surface area (Å²) in [6, 6.07) is 6.48. The number of hydrogen-bond acceptors (Lipinski definition) is 6. The molecule has 0 saturated heterocycles. The number of aromatic nitrogens is 4. The van der Waals surface area contributed by atoms with E-state index in [1.807, 2.05) is 0 Å². The van der Waals surface area contributed by atoms with Crippen LogP contribution in [0.2, 0.25) is 5.02 Å². The second kappa shape index (κ2) is 6.32. The van der Waals surface area contributed by atoms with Crippen LogP contribution in [0.5, 0.6) is 0 Å². The predicted octanol–water partition coefficient (Wildman–Crippen LogP) is 1.65. The zero-order valence-corrected chi connectivity index (χ0v) is 12.5. The Morgan fingerprint density at radius 1 is 1.22 bits per heavy atom. The zero-order valence-electron chi connectivity index (χ0n) is 11.8. The van der Waals surface area contributed by atoms with Crippen molar-refractivity contribution in [3.05, 3.63) is 59.9 Å². The van der Waals surface area contributed by atoms with Crippen LogP contribution < -0.4 is 16.6 Å². The number of nitrogens with zero attached hydrogens (tertiary/aromatic N) is 4. The summed E-state index contributed by atoms with van der Waals surface area (Å²) in [7, 11) is 0. The fourth-order valence-corrected chi connectivity index (χ4v) is 1.99. The van der Waals surface area contributed by atoms with Crippen LogP contribution in [0.4, 0.5) is 11.5 Å². The molecular weight excluding hydrogens is 318 g/mol. The summed E-state index contributed by atoms with van der Waals surface area (Å²) in [5.41, 5.74) is 11.9. The second-order valence-corrected chi connectivity index (χ2v) is 4.95. The number of carbonyl (C=O) groups excluding carboxylic acids is 1. The third-order valence-corrected chi connectivity index (χ3v) is 3.26. The molecule has 2 heterocycles. The molecule has 0 aliphatic heterocycles. The van der Waals surface area contributed by atoms with Crippen molar-refractivity contribution in [2.75, 3.05) is 11.2 Å². The van der Waals surface area contributed by atoms with Crippen LogP contribution in [0, 0.1) is 0 Å². The number of imidazole rings is 1. The lowest BCUT2D eigenvalue weighted by atomic mass is 10.2. The highest BCUT2D eigenvalue weighted by Gasteiger charge is 2.11. The Hall–Kier alpha value is -3.13. The molecule has 0 fully saturated rings. The van der Waals surface area contributed by atoms with E-state index in [1.54, 1.807) is 47.6 Å². The smallest absolute Gasteiger partial charge is 0.269 e. The van der Waals surface area contributed by atoms with Gasteiger partial charge in [-0.2, -0.15) is 0 Å². The number of anilines is 2. The number of nitrogen functional groups attached to an aromatic ring is 1. The Morgan fingerprint density at radius 3 is 2.70 bits per heavy atom. The van der Waals surface area contributed by atoms with Crippen LogP contribution in [0.1, 0.15) is 10.4 Å². The molecule has 0 spiro atoms. The van der Waals surface area contributed by atoms with Crippen molar-refractivity contribution < 1.29 is 4.79 Å². The minimum absolute atomic E-state index is 0.280. The van der Waals surface area contributed by atoms with Gasteiger partial charge in [0.05, 0.1) is 0 Å². The molecule has 0 aliphatic rings. The minimum Gasteiger partial charge on any atom is -0.393 e. The van der Waals surface area contributed by atoms with Crippen LogP contribution in [0.25, 0.3) is 5.82 Å². The van der Waals surface area contributed by atoms with E-state index < -0.39 is 0 Å². The molecule has 3 rings (SSSR count). The van der Waals surface area contributed by atoms with Crippen LogP contribution in [0.15, 0.2) is 49.3 Å². The van der Waals surface area contributed by atoms with Gasteiger partial charge in [-0.05, 0) is 24.3 Å². The Kier molecular flexibility index (Phi) is 4.07. The summed E-state index contributed by atoms with van der Waals surface area (Å²) in [5.74, 6) is 0.399. The molecule has 9 heteroatoms. The highest BCUT2D eigenvalue weighted by molar-refractivity contribution is 6.30. The molecule has 3 aromatic rings. The van der Waals surface area contributed by atoms with E-state index in [2.05, 4.69) is 25.8 Å². The maximum Gasteiger partial charge on any atom is 0.269 e. The SMILES string of the molecule is Nc1c(NNC(=O)c2ccc(Cl)cc2)ncnc1-n1ccnc1. The van der Waals surface area contributed by atoms with Crippen molar-refractivity contribution in [3.63, 3.8) is 0 Å². The third-order valence-electron chi connectivity index (χ3n) is 3.01. The first kappa shape index (κ1) is 14.8. The van der Waals surface area contributed by atoms with Crippen LogP contribution >= 0.6 is 11.6 Å². The molecule has 2 aromatic heterocycles. The van der Waals surface area contributed by atoms with Crippen molar-refractivity contribution in [1.29, 1.82) is 0 Å². The number of amides is 1. The standard InChI is InChI=1S/C14H12ClN7O/c15-10-3-1-9(2-4-10)14(23)21-20-12-11(16)13(19-7-18-12)22-6-5-17-8-22/h1-8H,16H2,(H,21,23)(H,18,19,20). The number of carbonyl (C=O) groups is 1. The van der Waals surface area contributed by atoms with Gasteiger partial charge >= 0.3 is 0 Å². The highest BCUT2D eigenvalue weighted by atomic mass is 35.5. The van der Waals surface area contributed by atoms with E-state index in [9.17, 15) is 4.79 Å². The lowest BCUT2D eigenvalue weighted by Crippen LogP contribution is -2.30. The van der Waals surface area contributed by atoms with Gasteiger partial charge in [-0.25, -0.2) is 15.0 Å². The summed E-state index contributed by atoms with van der Waals surface area (Å²) in [5, 5.41) is 0.555. The number of nitrogens with one attached hydrogen (secondary N) is 2. The van der Waals surface area contributed by atoms with Crippen LogP contribution in [0.3, 0.4) is 0 Å². The number of halogens is 1. The Morgan fingerprint density at radius 2 is 2.00 bits per heavy atom. The van der Waals surface area contributed by atoms with Crippen LogP contribution in [-0.4, -0.2) is 25.4 Å². The van der Waals surface area contributed by atoms with Gasteiger partial charge in [0.2, 0.25) is 0 Å². The van der Waals surface area contributed by atoms with E-state index in [1.165, 1.54) is 6.33 Å². The molecular formula is C14H12ClN7O. The first-order chi connectivity index (χ1) is 11.1. The van der Waals surface area contributed by atoms with Gasteiger partial charge < -0.3 is 5.73 Å². The fourth-order valence-electron chi connectivity index (χ4n) is 1.87. The molecule has 0 bridgehead atoms. The number of hydrazine groups is 1. The van der Waals surface area contributed by atoms with Crippen molar-refractivity contribution in [2.24, 2.45) is 0 Å². The van der Waals surface area contributed by atoms with Gasteiger partial charge in [0.1, 0.15) is 18.3 Å². The van der Waals surface area contributed by atoms with Crippen molar-refractivity contribution >= 4 is 29.0 Å². The Bertz CT molecular complexity index is 818. The molecule has 8 nitrogen and oxygen atoms in total. The second-order valence-electron chi connectivity index (χ2n) is 4.52. The Balaban J connectivity index is 1.75. The fraction of sp³-hybridized carbons (Fsp3) is 0. The van der Waals surface area contributed by atoms with Gasteiger partial charge in [0.15, 0.2) is 11.6 Å². The first-order valence-electron chi connectivity index (χ1n) is 6.56. The normalized spacial score (nSPS) is 10.3. The van der Waals surface area contributed by atoms with Crippen molar-refractivity contribution in [2.45, 2.75) is 0 Å². The molecule has 23 heavy (non-hydrogen) atoms. The molecule has 0 unspecified atom stereocenters. The third kappa shape index (κ3) is 3.22. The summed E-state index contributed by atoms with van der Waals surface area (Å²) in [6.07, 6.45) is 6.21. The van der Waals surface area contributed by atoms with E-state index in [4.69, 9.17) is 17.3 Å². The molecule has 1 amide bonds. The van der Waals surface area contributed by atoms with E-state index in [0.29, 0.717) is 16.4 Å². The lowest BCUT2D eigenvalue weighted by molar-refractivity contribution is 0.0962. The number of benzene rings is 1. The molecule has 1 aromatic carbocycles. The number of hydrogen-bond donors (Lipinski definition) is 3. The minimum atomic E-state index is -0.344. The van der Waals surface area contributed by atoms with Gasteiger partial charge in [0, 0.05) is 23.0 Å². The molecule has 0 atom stereocenters. The van der Waals surface area contributed by atoms with Gasteiger partial charge in [0.25, 0.3) is 5.91 Å². The summed E-state index contributed by atoms with van der Waals surface area (Å²) >= 11 is 5.79. The summed E-state index contributed by atoms with van der Waals surface area (Å²) in [6.45, 7) is 0. The van der Waals surface area contributed by atoms with E-state index in [0.717, 1.165) is 0 Å². The van der Waals surface area contributed by atoms with E-state index >= 15 is 0 Å². The van der Waals surface area contributed by atoms with Crippen LogP contribution in [-0.2, 0) is 0 Å². The topological polar surface area (TPSA) is 111 Å². The first-order valence-corrected chi connectivity index (χ1v) is 6.93. The highest BCUT2D eigenvalue weighted by Crippen LogP contribution is 2.20. The molecule has 0 saturated carbocycles. The maximum absolute atomic E-state index is 12.0. The average molecular weight is 330 g/mol. The number of rotatable bonds is 4. The van der Waals surface area contributed by atoms with Crippen molar-refractivity contribution in [3.8, 4) is 5.82 Å². The van der Waals surface area contributed by atoms with Crippen molar-refractivity contribution in [1.82, 2.24) is 24.9 Å². The van der Waals surface area contributed by atoms with Gasteiger partial charge in [-0.3, -0.25) is 20.2 Å². The molecule has 0 radical (unpaired) electrons. The zero-order chi connectivity index (χ0) is 16.2. The van der Waals surface area contributed by atoms with Gasteiger partial charge in [-0.1, -0.05) is 11.6 Å². The van der Waals surface area contributed by atoms with Gasteiger partial charge in [-0.15, -0.1) is 0 Å². The monoisotopic (exact) mass is 329 g/mol. The van der Waals surface area contributed by atoms with E-state index in [-0.39, 0.29) is 17.4 Å². The quantitative estimate of drug-likeness (QED) is 0.628. The largest absolute Gasteiger partial charge is 0.393 e. The Labute approximate surface area is 136 Å². The number of nitrogens with two attached hydrogens (primary N) is 1.